The molecule has 1 aliphatic heterocycles. The van der Waals surface area contributed by atoms with Gasteiger partial charge in [-0.15, -0.1) is 12.4 Å². The summed E-state index contributed by atoms with van der Waals surface area (Å²) in [5.41, 5.74) is 6.68. The molecule has 1 saturated heterocycles. The van der Waals surface area contributed by atoms with Gasteiger partial charge in [0.1, 0.15) is 5.82 Å². The normalized spacial score (nSPS) is 30.8. The van der Waals surface area contributed by atoms with Crippen molar-refractivity contribution in [3.8, 4) is 0 Å². The molecule has 1 heterocycles. The molecule has 2 aliphatic rings. The van der Waals surface area contributed by atoms with Crippen molar-refractivity contribution in [2.45, 2.75) is 51.1 Å². The molecule has 23 heavy (non-hydrogen) atoms. The number of nitrogens with two attached hydrogens (primary N) is 1. The summed E-state index contributed by atoms with van der Waals surface area (Å²) in [5, 5.41) is 0. The van der Waals surface area contributed by atoms with Gasteiger partial charge in [0.2, 0.25) is 5.91 Å². The number of likely N-dealkylation sites (tertiary alicyclic amines) is 1. The lowest BCUT2D eigenvalue weighted by Crippen LogP contribution is -2.40. The fraction of sp³-hybridized carbons (Fsp3) is 0.611. The number of carbonyl (C=O) groups excluding carboxylic acids is 1. The van der Waals surface area contributed by atoms with Crippen LogP contribution in [0.4, 0.5) is 4.39 Å². The Balaban J connectivity index is 0.00000192. The van der Waals surface area contributed by atoms with Crippen LogP contribution in [0.25, 0.3) is 0 Å². The third-order valence-electron chi connectivity index (χ3n) is 5.12. The van der Waals surface area contributed by atoms with Crippen LogP contribution in [0.5, 0.6) is 0 Å². The maximum Gasteiger partial charge on any atom is 0.226 e. The minimum absolute atomic E-state index is 0. The van der Waals surface area contributed by atoms with Crippen molar-refractivity contribution in [2.75, 3.05) is 6.54 Å². The monoisotopic (exact) mass is 340 g/mol. The first-order valence-corrected chi connectivity index (χ1v) is 8.36. The smallest absolute Gasteiger partial charge is 0.226 e. The molecular weight excluding hydrogens is 315 g/mol. The van der Waals surface area contributed by atoms with E-state index in [0.29, 0.717) is 11.5 Å². The molecule has 1 saturated carbocycles. The van der Waals surface area contributed by atoms with E-state index in [0.717, 1.165) is 38.6 Å². The van der Waals surface area contributed by atoms with E-state index in [4.69, 9.17) is 5.73 Å². The zero-order valence-electron chi connectivity index (χ0n) is 13.6. The van der Waals surface area contributed by atoms with Gasteiger partial charge in [-0.1, -0.05) is 31.5 Å². The average molecular weight is 341 g/mol. The minimum atomic E-state index is -0.209. The van der Waals surface area contributed by atoms with Crippen LogP contribution in [0.15, 0.2) is 24.3 Å². The van der Waals surface area contributed by atoms with Crippen molar-refractivity contribution in [1.82, 2.24) is 4.90 Å². The van der Waals surface area contributed by atoms with Crippen molar-refractivity contribution in [3.05, 3.63) is 35.6 Å². The number of amides is 1. The molecule has 2 N–H and O–H groups in total. The summed E-state index contributed by atoms with van der Waals surface area (Å²) in [6, 6.07) is 6.85. The van der Waals surface area contributed by atoms with E-state index in [2.05, 4.69) is 6.92 Å². The van der Waals surface area contributed by atoms with Gasteiger partial charge >= 0.3 is 0 Å². The Kier molecular flexibility index (Phi) is 6.04. The molecule has 4 atom stereocenters. The van der Waals surface area contributed by atoms with Crippen LogP contribution in [0, 0.1) is 17.7 Å². The summed E-state index contributed by atoms with van der Waals surface area (Å²) < 4.78 is 14.2. The van der Waals surface area contributed by atoms with Gasteiger partial charge in [0, 0.05) is 24.1 Å². The highest BCUT2D eigenvalue weighted by atomic mass is 35.5. The van der Waals surface area contributed by atoms with Crippen LogP contribution in [-0.2, 0) is 4.79 Å². The molecular formula is C18H26ClFN2O. The molecule has 0 aromatic heterocycles. The highest BCUT2D eigenvalue weighted by molar-refractivity contribution is 5.85. The van der Waals surface area contributed by atoms with E-state index >= 15 is 0 Å². The lowest BCUT2D eigenvalue weighted by Gasteiger charge is -2.32. The van der Waals surface area contributed by atoms with E-state index in [-0.39, 0.29) is 42.1 Å². The zero-order valence-corrected chi connectivity index (χ0v) is 14.4. The van der Waals surface area contributed by atoms with Crippen molar-refractivity contribution in [1.29, 1.82) is 0 Å². The largest absolute Gasteiger partial charge is 0.335 e. The predicted octanol–water partition coefficient (Wildman–Crippen LogP) is 3.67. The molecule has 128 valence electrons. The van der Waals surface area contributed by atoms with Crippen LogP contribution in [-0.4, -0.2) is 23.4 Å². The molecule has 4 unspecified atom stereocenters. The molecule has 5 heteroatoms. The van der Waals surface area contributed by atoms with Gasteiger partial charge < -0.3 is 10.6 Å². The number of rotatable bonds is 2. The number of halogens is 2. The van der Waals surface area contributed by atoms with Crippen molar-refractivity contribution < 1.29 is 9.18 Å². The van der Waals surface area contributed by atoms with Crippen LogP contribution < -0.4 is 5.73 Å². The fourth-order valence-corrected chi connectivity index (χ4v) is 4.02. The maximum absolute atomic E-state index is 14.2. The summed E-state index contributed by atoms with van der Waals surface area (Å²) in [7, 11) is 0. The summed E-state index contributed by atoms with van der Waals surface area (Å²) in [6.07, 6.45) is 4.56. The Morgan fingerprint density at radius 2 is 2.00 bits per heavy atom. The van der Waals surface area contributed by atoms with Crippen molar-refractivity contribution >= 4 is 18.3 Å². The SMILES string of the molecule is CC1CC(c2ccccc2F)N(C(=O)C2CCCC(N)C2)C1.Cl. The molecule has 1 amide bonds. The maximum atomic E-state index is 14.2. The second-order valence-corrected chi connectivity index (χ2v) is 6.99. The molecule has 0 bridgehead atoms. The van der Waals surface area contributed by atoms with Crippen LogP contribution in [0.2, 0.25) is 0 Å². The lowest BCUT2D eigenvalue weighted by molar-refractivity contribution is -0.137. The molecule has 1 aromatic carbocycles. The Labute approximate surface area is 143 Å². The zero-order chi connectivity index (χ0) is 15.7. The quantitative estimate of drug-likeness (QED) is 0.892. The van der Waals surface area contributed by atoms with Crippen molar-refractivity contribution in [2.24, 2.45) is 17.6 Å². The molecule has 1 aromatic rings. The molecule has 3 rings (SSSR count). The van der Waals surface area contributed by atoms with Gasteiger partial charge in [0.05, 0.1) is 6.04 Å². The highest BCUT2D eigenvalue weighted by Gasteiger charge is 2.39. The highest BCUT2D eigenvalue weighted by Crippen LogP contribution is 2.38. The minimum Gasteiger partial charge on any atom is -0.335 e. The number of nitrogens with zero attached hydrogens (tertiary/aromatic N) is 1. The summed E-state index contributed by atoms with van der Waals surface area (Å²) in [4.78, 5) is 14.8. The lowest BCUT2D eigenvalue weighted by atomic mass is 9.85. The van der Waals surface area contributed by atoms with E-state index in [1.165, 1.54) is 6.07 Å². The van der Waals surface area contributed by atoms with Crippen molar-refractivity contribution in [3.63, 3.8) is 0 Å². The Morgan fingerprint density at radius 1 is 1.26 bits per heavy atom. The summed E-state index contributed by atoms with van der Waals surface area (Å²) >= 11 is 0. The van der Waals surface area contributed by atoms with Gasteiger partial charge in [-0.25, -0.2) is 4.39 Å². The average Bonchev–Trinajstić information content (AvgIpc) is 2.88. The van der Waals surface area contributed by atoms with Crippen LogP contribution >= 0.6 is 12.4 Å². The van der Waals surface area contributed by atoms with E-state index in [9.17, 15) is 9.18 Å². The molecule has 2 fully saturated rings. The van der Waals surface area contributed by atoms with Gasteiger partial charge in [-0.3, -0.25) is 4.79 Å². The summed E-state index contributed by atoms with van der Waals surface area (Å²) in [5.74, 6) is 0.390. The fourth-order valence-electron chi connectivity index (χ4n) is 4.02. The third-order valence-corrected chi connectivity index (χ3v) is 5.12. The number of carbonyl (C=O) groups is 1. The van der Waals surface area contributed by atoms with E-state index < -0.39 is 0 Å². The Morgan fingerprint density at radius 3 is 2.70 bits per heavy atom. The van der Waals surface area contributed by atoms with Gasteiger partial charge in [0.25, 0.3) is 0 Å². The van der Waals surface area contributed by atoms with Gasteiger partial charge in [0.15, 0.2) is 0 Å². The Hall–Kier alpha value is -1.13. The number of hydrogen-bond acceptors (Lipinski definition) is 2. The van der Waals surface area contributed by atoms with Crippen LogP contribution in [0.1, 0.15) is 50.6 Å². The number of hydrogen-bond donors (Lipinski definition) is 1. The molecule has 1 aliphatic carbocycles. The molecule has 0 radical (unpaired) electrons. The second-order valence-electron chi connectivity index (χ2n) is 6.99. The third kappa shape index (κ3) is 3.86. The van der Waals surface area contributed by atoms with E-state index in [1.54, 1.807) is 6.07 Å². The second kappa shape index (κ2) is 7.63. The van der Waals surface area contributed by atoms with Gasteiger partial charge in [-0.05, 0) is 37.7 Å². The molecule has 0 spiro atoms. The summed E-state index contributed by atoms with van der Waals surface area (Å²) in [6.45, 7) is 2.86. The topological polar surface area (TPSA) is 46.3 Å². The Bertz CT molecular complexity index is 554. The van der Waals surface area contributed by atoms with Crippen LogP contribution in [0.3, 0.4) is 0 Å². The first-order chi connectivity index (χ1) is 10.6. The number of benzene rings is 1. The molecule has 3 nitrogen and oxygen atoms in total. The first kappa shape index (κ1) is 18.2. The van der Waals surface area contributed by atoms with E-state index in [1.807, 2.05) is 17.0 Å². The van der Waals surface area contributed by atoms with Gasteiger partial charge in [-0.2, -0.15) is 0 Å². The first-order valence-electron chi connectivity index (χ1n) is 8.36. The standard InChI is InChI=1S/C18H25FN2O.ClH/c1-12-9-17(15-7-2-3-8-16(15)19)21(11-12)18(22)13-5-4-6-14(20)10-13;/h2-3,7-8,12-14,17H,4-6,9-11,20H2,1H3;1H. The predicted molar refractivity (Wildman–Crippen MR) is 91.8 cm³/mol.